The molecule has 5 nitrogen and oxygen atoms in total. The first kappa shape index (κ1) is 26.8. The molecule has 4 aliphatic carbocycles. The molecule has 41 heavy (non-hydrogen) atoms. The van der Waals surface area contributed by atoms with Crippen molar-refractivity contribution >= 4 is 25.8 Å². The summed E-state index contributed by atoms with van der Waals surface area (Å²) in [6.07, 6.45) is 9.75. The molecule has 6 atom stereocenters. The molecule has 6 heteroatoms. The van der Waals surface area contributed by atoms with E-state index >= 15 is 0 Å². The molecule has 2 aromatic rings. The Morgan fingerprint density at radius 3 is 2.22 bits per heavy atom. The minimum atomic E-state index is -2.06. The number of hydrogen-bond acceptors (Lipinski definition) is 4. The number of anilines is 1. The number of imide groups is 1. The van der Waals surface area contributed by atoms with Crippen molar-refractivity contribution in [1.29, 1.82) is 0 Å². The molecule has 0 aromatic heterocycles. The number of para-hydroxylation sites is 1. The zero-order chi connectivity index (χ0) is 29.0. The number of carbonyl (C=O) groups is 2. The number of rotatable bonds is 5. The van der Waals surface area contributed by atoms with E-state index in [0.29, 0.717) is 12.1 Å². The maximum absolute atomic E-state index is 14.7. The van der Waals surface area contributed by atoms with Crippen LogP contribution in [0.1, 0.15) is 51.5 Å². The van der Waals surface area contributed by atoms with Crippen LogP contribution in [0.2, 0.25) is 19.6 Å². The van der Waals surface area contributed by atoms with E-state index < -0.39 is 25.1 Å². The standard InChI is InChI=1S/C35H41NO4Si/c1-32-22-26(40-41(4,5)6)27-28(29(32)30(37)36(31(32)38)24-12-8-7-9-13-24)34-19-11-10-18-33(34,2)35(27,21-20-34)23-14-16-25(39-3)17-15-23/h7-9,12-17,20-21,28-29H,10-11,18-19,22H2,1-6H3/t28-,29-,32-,33+,34+,35+/m1/s1. The van der Waals surface area contributed by atoms with Crippen molar-refractivity contribution in [3.8, 4) is 5.75 Å². The summed E-state index contributed by atoms with van der Waals surface area (Å²) in [4.78, 5) is 30.6. The fraction of sp³-hybridized carbons (Fsp3) is 0.486. The Kier molecular flexibility index (Phi) is 5.52. The number of carbonyl (C=O) groups excluding carboxylic acids is 2. The summed E-state index contributed by atoms with van der Waals surface area (Å²) in [7, 11) is -0.363. The summed E-state index contributed by atoms with van der Waals surface area (Å²) >= 11 is 0. The maximum atomic E-state index is 14.7. The lowest BCUT2D eigenvalue weighted by atomic mass is 9.51. The monoisotopic (exact) mass is 567 g/mol. The maximum Gasteiger partial charge on any atom is 0.241 e. The van der Waals surface area contributed by atoms with Crippen LogP contribution in [0.25, 0.3) is 0 Å². The second-order valence-electron chi connectivity index (χ2n) is 14.4. The first-order valence-electron chi connectivity index (χ1n) is 15.1. The smallest absolute Gasteiger partial charge is 0.241 e. The molecular formula is C35H41NO4Si. The first-order chi connectivity index (χ1) is 19.4. The van der Waals surface area contributed by atoms with Gasteiger partial charge >= 0.3 is 0 Å². The third-order valence-corrected chi connectivity index (χ3v) is 12.2. The first-order valence-corrected chi connectivity index (χ1v) is 18.6. The summed E-state index contributed by atoms with van der Waals surface area (Å²) in [6, 6.07) is 18.0. The van der Waals surface area contributed by atoms with Crippen molar-refractivity contribution in [2.75, 3.05) is 12.0 Å². The van der Waals surface area contributed by atoms with Gasteiger partial charge in [-0.15, -0.1) is 0 Å². The van der Waals surface area contributed by atoms with E-state index in [2.05, 4.69) is 63.0 Å². The quantitative estimate of drug-likeness (QED) is 0.215. The van der Waals surface area contributed by atoms with Crippen LogP contribution in [0.4, 0.5) is 5.69 Å². The van der Waals surface area contributed by atoms with Crippen LogP contribution in [-0.4, -0.2) is 27.2 Å². The van der Waals surface area contributed by atoms with Crippen LogP contribution < -0.4 is 9.64 Å². The van der Waals surface area contributed by atoms with Crippen LogP contribution >= 0.6 is 0 Å². The average Bonchev–Trinajstić information content (AvgIpc) is 3.41. The van der Waals surface area contributed by atoms with Gasteiger partial charge in [-0.2, -0.15) is 0 Å². The molecule has 1 aliphatic heterocycles. The molecule has 0 unspecified atom stereocenters. The molecule has 2 aromatic carbocycles. The largest absolute Gasteiger partial charge is 0.547 e. The number of benzene rings is 2. The topological polar surface area (TPSA) is 55.8 Å². The van der Waals surface area contributed by atoms with Gasteiger partial charge < -0.3 is 9.16 Å². The van der Waals surface area contributed by atoms with Gasteiger partial charge in [-0.05, 0) is 80.2 Å². The molecule has 2 saturated carbocycles. The van der Waals surface area contributed by atoms with Crippen molar-refractivity contribution in [2.24, 2.45) is 28.1 Å². The molecule has 1 heterocycles. The van der Waals surface area contributed by atoms with Gasteiger partial charge in [0.1, 0.15) is 5.75 Å². The molecule has 0 N–H and O–H groups in total. The van der Waals surface area contributed by atoms with Crippen molar-refractivity contribution < 1.29 is 18.8 Å². The number of allylic oxidation sites excluding steroid dienone is 4. The van der Waals surface area contributed by atoms with E-state index in [-0.39, 0.29) is 28.6 Å². The van der Waals surface area contributed by atoms with Crippen LogP contribution in [0.15, 0.2) is 78.1 Å². The van der Waals surface area contributed by atoms with Crippen molar-refractivity contribution in [2.45, 2.75) is 71.0 Å². The predicted octanol–water partition coefficient (Wildman–Crippen LogP) is 7.40. The van der Waals surface area contributed by atoms with E-state index in [9.17, 15) is 9.59 Å². The number of hydrogen-bond donors (Lipinski definition) is 0. The van der Waals surface area contributed by atoms with E-state index in [1.807, 2.05) is 37.3 Å². The Morgan fingerprint density at radius 2 is 1.56 bits per heavy atom. The predicted molar refractivity (Wildman–Crippen MR) is 163 cm³/mol. The van der Waals surface area contributed by atoms with Gasteiger partial charge in [0.05, 0.1) is 29.9 Å². The second kappa shape index (κ2) is 8.47. The Hall–Kier alpha value is -3.12. The lowest BCUT2D eigenvalue weighted by molar-refractivity contribution is -0.131. The SMILES string of the molecule is COc1ccc([C@]23C=C[C@@]4(CCCC[C@]24C)[C@@H]2C3=C(O[Si](C)(C)C)C[C@@]3(C)C(=O)N(c4ccccc4)C(=O)[C@@H]23)cc1. The molecule has 2 amide bonds. The van der Waals surface area contributed by atoms with Gasteiger partial charge in [0.15, 0.2) is 0 Å². The number of amides is 2. The van der Waals surface area contributed by atoms with Crippen LogP contribution in [0.5, 0.6) is 5.75 Å². The third-order valence-electron chi connectivity index (χ3n) is 11.4. The average molecular weight is 568 g/mol. The Balaban J connectivity index is 1.52. The highest BCUT2D eigenvalue weighted by molar-refractivity contribution is 6.70. The number of ether oxygens (including phenoxy) is 1. The second-order valence-corrected chi connectivity index (χ2v) is 18.8. The summed E-state index contributed by atoms with van der Waals surface area (Å²) in [6.45, 7) is 11.2. The molecule has 0 radical (unpaired) electrons. The van der Waals surface area contributed by atoms with Gasteiger partial charge in [0, 0.05) is 23.2 Å². The minimum absolute atomic E-state index is 0.0496. The molecule has 0 spiro atoms. The minimum Gasteiger partial charge on any atom is -0.547 e. The lowest BCUT2D eigenvalue weighted by Gasteiger charge is -2.51. The van der Waals surface area contributed by atoms with Gasteiger partial charge in [-0.25, -0.2) is 4.90 Å². The molecule has 2 bridgehead atoms. The van der Waals surface area contributed by atoms with Crippen molar-refractivity contribution in [1.82, 2.24) is 0 Å². The number of methoxy groups -OCH3 is 1. The molecule has 7 rings (SSSR count). The van der Waals surface area contributed by atoms with Gasteiger partial charge in [0.2, 0.25) is 20.1 Å². The Labute approximate surface area is 244 Å². The zero-order valence-electron chi connectivity index (χ0n) is 25.1. The van der Waals surface area contributed by atoms with Gasteiger partial charge in [-0.1, -0.05) is 62.2 Å². The number of nitrogens with zero attached hydrogens (tertiary/aromatic N) is 1. The molecule has 214 valence electrons. The van der Waals surface area contributed by atoms with Crippen LogP contribution in [0.3, 0.4) is 0 Å². The number of fused-ring (bicyclic) bond motifs is 4. The molecular weight excluding hydrogens is 526 g/mol. The summed E-state index contributed by atoms with van der Waals surface area (Å²) in [5.74, 6) is 1.15. The highest BCUT2D eigenvalue weighted by Crippen LogP contribution is 2.82. The van der Waals surface area contributed by atoms with E-state index in [0.717, 1.165) is 37.2 Å². The van der Waals surface area contributed by atoms with Gasteiger partial charge in [0.25, 0.3) is 0 Å². The highest BCUT2D eigenvalue weighted by atomic mass is 28.4. The summed E-state index contributed by atoms with van der Waals surface area (Å²) < 4.78 is 12.6. The third kappa shape index (κ3) is 3.17. The fourth-order valence-electron chi connectivity index (χ4n) is 9.77. The molecule has 3 fully saturated rings. The Morgan fingerprint density at radius 1 is 0.878 bits per heavy atom. The fourth-order valence-corrected chi connectivity index (χ4v) is 10.7. The van der Waals surface area contributed by atoms with E-state index in [1.54, 1.807) is 7.11 Å². The van der Waals surface area contributed by atoms with Gasteiger partial charge in [-0.3, -0.25) is 9.59 Å². The highest BCUT2D eigenvalue weighted by Gasteiger charge is 2.80. The van der Waals surface area contributed by atoms with Crippen LogP contribution in [0, 0.1) is 28.1 Å². The molecule has 5 aliphatic rings. The van der Waals surface area contributed by atoms with Crippen LogP contribution in [-0.2, 0) is 19.4 Å². The summed E-state index contributed by atoms with van der Waals surface area (Å²) in [5, 5.41) is 0. The van der Waals surface area contributed by atoms with Crippen molar-refractivity contribution in [3.05, 3.63) is 83.6 Å². The van der Waals surface area contributed by atoms with Crippen molar-refractivity contribution in [3.63, 3.8) is 0 Å². The zero-order valence-corrected chi connectivity index (χ0v) is 26.1. The lowest BCUT2D eigenvalue weighted by Crippen LogP contribution is -2.49. The van der Waals surface area contributed by atoms with E-state index in [4.69, 9.17) is 9.16 Å². The van der Waals surface area contributed by atoms with E-state index in [1.165, 1.54) is 16.0 Å². The summed E-state index contributed by atoms with van der Waals surface area (Å²) in [5.41, 5.74) is 1.57. The molecule has 1 saturated heterocycles. The normalized spacial score (nSPS) is 37.3. The Bertz CT molecular complexity index is 1510.